The zero-order valence-electron chi connectivity index (χ0n) is 12.7. The number of anilines is 2. The second-order valence-electron chi connectivity index (χ2n) is 4.72. The van der Waals surface area contributed by atoms with Gasteiger partial charge in [-0.05, 0) is 44.2 Å². The van der Waals surface area contributed by atoms with E-state index in [2.05, 4.69) is 27.8 Å². The van der Waals surface area contributed by atoms with Gasteiger partial charge in [0, 0.05) is 5.69 Å². The normalized spacial score (nSPS) is 12.1. The SMILES string of the molecule is CCCOc1ccc(Nc2nnc(C(C)NCC)o2)cc1. The average molecular weight is 290 g/mol. The molecule has 0 aliphatic heterocycles. The summed E-state index contributed by atoms with van der Waals surface area (Å²) in [5, 5.41) is 14.3. The topological polar surface area (TPSA) is 72.2 Å². The average Bonchev–Trinajstić information content (AvgIpc) is 2.95. The second kappa shape index (κ2) is 7.64. The van der Waals surface area contributed by atoms with E-state index in [-0.39, 0.29) is 6.04 Å². The smallest absolute Gasteiger partial charge is 0.320 e. The monoisotopic (exact) mass is 290 g/mol. The molecule has 2 aromatic rings. The molecule has 0 fully saturated rings. The predicted molar refractivity (Wildman–Crippen MR) is 81.9 cm³/mol. The lowest BCUT2D eigenvalue weighted by Gasteiger charge is -2.07. The quantitative estimate of drug-likeness (QED) is 0.777. The van der Waals surface area contributed by atoms with Crippen LogP contribution in [-0.2, 0) is 0 Å². The molecule has 1 atom stereocenters. The molecule has 0 aliphatic rings. The first-order valence-corrected chi connectivity index (χ1v) is 7.29. The zero-order chi connectivity index (χ0) is 15.1. The molecule has 6 heteroatoms. The van der Waals surface area contributed by atoms with Crippen molar-refractivity contribution in [3.8, 4) is 5.75 Å². The second-order valence-corrected chi connectivity index (χ2v) is 4.72. The van der Waals surface area contributed by atoms with Crippen molar-refractivity contribution in [3.05, 3.63) is 30.2 Å². The fraction of sp³-hybridized carbons (Fsp3) is 0.467. The molecule has 1 aromatic heterocycles. The van der Waals surface area contributed by atoms with Crippen LogP contribution in [0.2, 0.25) is 0 Å². The Labute approximate surface area is 124 Å². The maximum Gasteiger partial charge on any atom is 0.320 e. The summed E-state index contributed by atoms with van der Waals surface area (Å²) in [5.41, 5.74) is 0.880. The molecule has 0 amide bonds. The highest BCUT2D eigenvalue weighted by molar-refractivity contribution is 5.53. The van der Waals surface area contributed by atoms with Gasteiger partial charge in [-0.3, -0.25) is 0 Å². The molecule has 0 spiro atoms. The van der Waals surface area contributed by atoms with Crippen molar-refractivity contribution in [2.45, 2.75) is 33.2 Å². The number of hydrogen-bond acceptors (Lipinski definition) is 6. The summed E-state index contributed by atoms with van der Waals surface area (Å²) < 4.78 is 11.1. The highest BCUT2D eigenvalue weighted by atomic mass is 16.5. The lowest BCUT2D eigenvalue weighted by Crippen LogP contribution is -2.17. The first kappa shape index (κ1) is 15.3. The number of rotatable bonds is 8. The van der Waals surface area contributed by atoms with Crippen LogP contribution in [0.3, 0.4) is 0 Å². The Morgan fingerprint density at radius 3 is 2.62 bits per heavy atom. The van der Waals surface area contributed by atoms with Crippen molar-refractivity contribution in [1.82, 2.24) is 15.5 Å². The molecule has 2 N–H and O–H groups in total. The van der Waals surface area contributed by atoms with Crippen LogP contribution in [0.1, 0.15) is 39.1 Å². The van der Waals surface area contributed by atoms with Crippen molar-refractivity contribution in [2.75, 3.05) is 18.5 Å². The van der Waals surface area contributed by atoms with Crippen molar-refractivity contribution in [2.24, 2.45) is 0 Å². The van der Waals surface area contributed by atoms with Gasteiger partial charge in [0.05, 0.1) is 12.6 Å². The van der Waals surface area contributed by atoms with Crippen LogP contribution in [0.4, 0.5) is 11.7 Å². The fourth-order valence-corrected chi connectivity index (χ4v) is 1.83. The van der Waals surface area contributed by atoms with E-state index in [1.807, 2.05) is 38.1 Å². The van der Waals surface area contributed by atoms with Gasteiger partial charge in [0.1, 0.15) is 5.75 Å². The van der Waals surface area contributed by atoms with Gasteiger partial charge in [-0.25, -0.2) is 0 Å². The van der Waals surface area contributed by atoms with Gasteiger partial charge in [-0.15, -0.1) is 5.10 Å². The Kier molecular flexibility index (Phi) is 5.57. The number of benzene rings is 1. The molecule has 0 aliphatic carbocycles. The first-order chi connectivity index (χ1) is 10.2. The van der Waals surface area contributed by atoms with E-state index in [0.717, 1.165) is 31.0 Å². The highest BCUT2D eigenvalue weighted by Gasteiger charge is 2.12. The third-order valence-corrected chi connectivity index (χ3v) is 2.90. The van der Waals surface area contributed by atoms with Crippen molar-refractivity contribution >= 4 is 11.7 Å². The van der Waals surface area contributed by atoms with Gasteiger partial charge in [-0.1, -0.05) is 18.9 Å². The van der Waals surface area contributed by atoms with E-state index in [9.17, 15) is 0 Å². The number of aromatic nitrogens is 2. The van der Waals surface area contributed by atoms with Crippen molar-refractivity contribution in [1.29, 1.82) is 0 Å². The van der Waals surface area contributed by atoms with Gasteiger partial charge in [0.15, 0.2) is 0 Å². The Hall–Kier alpha value is -2.08. The zero-order valence-corrected chi connectivity index (χ0v) is 12.7. The number of nitrogens with zero attached hydrogens (tertiary/aromatic N) is 2. The van der Waals surface area contributed by atoms with E-state index < -0.39 is 0 Å². The van der Waals surface area contributed by atoms with E-state index in [4.69, 9.17) is 9.15 Å². The van der Waals surface area contributed by atoms with Gasteiger partial charge in [0.2, 0.25) is 5.89 Å². The minimum Gasteiger partial charge on any atom is -0.494 e. The Bertz CT molecular complexity index is 539. The standard InChI is InChI=1S/C15H22N4O2/c1-4-10-20-13-8-6-12(7-9-13)17-15-19-18-14(21-15)11(3)16-5-2/h6-9,11,16H,4-5,10H2,1-3H3,(H,17,19). The maximum atomic E-state index is 5.57. The summed E-state index contributed by atoms with van der Waals surface area (Å²) >= 11 is 0. The molecule has 1 unspecified atom stereocenters. The maximum absolute atomic E-state index is 5.57. The summed E-state index contributed by atoms with van der Waals surface area (Å²) in [7, 11) is 0. The Balaban J connectivity index is 1.95. The molecule has 1 heterocycles. The molecule has 0 bridgehead atoms. The van der Waals surface area contributed by atoms with Crippen LogP contribution in [0.5, 0.6) is 5.75 Å². The molecule has 114 valence electrons. The van der Waals surface area contributed by atoms with Crippen LogP contribution in [0, 0.1) is 0 Å². The molecule has 0 saturated heterocycles. The van der Waals surface area contributed by atoms with E-state index in [1.54, 1.807) is 0 Å². The predicted octanol–water partition coefficient (Wildman–Crippen LogP) is 3.27. The van der Waals surface area contributed by atoms with Crippen LogP contribution < -0.4 is 15.4 Å². The highest BCUT2D eigenvalue weighted by Crippen LogP contribution is 2.21. The molecular formula is C15H22N4O2. The van der Waals surface area contributed by atoms with E-state index in [1.165, 1.54) is 0 Å². The lowest BCUT2D eigenvalue weighted by molar-refractivity contribution is 0.317. The van der Waals surface area contributed by atoms with Crippen molar-refractivity contribution in [3.63, 3.8) is 0 Å². The van der Waals surface area contributed by atoms with Crippen molar-refractivity contribution < 1.29 is 9.15 Å². The van der Waals surface area contributed by atoms with Crippen LogP contribution in [0.15, 0.2) is 28.7 Å². The number of ether oxygens (including phenoxy) is 1. The first-order valence-electron chi connectivity index (χ1n) is 7.29. The summed E-state index contributed by atoms with van der Waals surface area (Å²) in [5.74, 6) is 1.43. The number of hydrogen-bond donors (Lipinski definition) is 2. The molecule has 0 saturated carbocycles. The number of nitrogens with one attached hydrogen (secondary N) is 2. The van der Waals surface area contributed by atoms with Crippen LogP contribution >= 0.6 is 0 Å². The largest absolute Gasteiger partial charge is 0.494 e. The molecular weight excluding hydrogens is 268 g/mol. The summed E-state index contributed by atoms with van der Waals surface area (Å²) in [4.78, 5) is 0. The van der Waals surface area contributed by atoms with Gasteiger partial charge >= 0.3 is 6.01 Å². The minimum atomic E-state index is 0.0443. The van der Waals surface area contributed by atoms with Crippen LogP contribution in [-0.4, -0.2) is 23.3 Å². The molecule has 6 nitrogen and oxygen atoms in total. The van der Waals surface area contributed by atoms with E-state index >= 15 is 0 Å². The van der Waals surface area contributed by atoms with Gasteiger partial charge in [-0.2, -0.15) is 0 Å². The summed E-state index contributed by atoms with van der Waals surface area (Å²) in [6.45, 7) is 7.68. The molecule has 1 aromatic carbocycles. The van der Waals surface area contributed by atoms with Gasteiger partial charge < -0.3 is 19.8 Å². The summed E-state index contributed by atoms with van der Waals surface area (Å²) in [6.07, 6.45) is 0.995. The van der Waals surface area contributed by atoms with Crippen LogP contribution in [0.25, 0.3) is 0 Å². The summed E-state index contributed by atoms with van der Waals surface area (Å²) in [6, 6.07) is 8.10. The minimum absolute atomic E-state index is 0.0443. The van der Waals surface area contributed by atoms with Gasteiger partial charge in [0.25, 0.3) is 0 Å². The van der Waals surface area contributed by atoms with E-state index in [0.29, 0.717) is 11.9 Å². The third-order valence-electron chi connectivity index (χ3n) is 2.90. The third kappa shape index (κ3) is 4.46. The fourth-order valence-electron chi connectivity index (χ4n) is 1.83. The molecule has 2 rings (SSSR count). The molecule has 0 radical (unpaired) electrons. The lowest BCUT2D eigenvalue weighted by atomic mass is 10.3. The Morgan fingerprint density at radius 1 is 1.19 bits per heavy atom. The molecule has 21 heavy (non-hydrogen) atoms. The Morgan fingerprint density at radius 2 is 1.95 bits per heavy atom.